The Morgan fingerprint density at radius 1 is 0.812 bits per heavy atom. The summed E-state index contributed by atoms with van der Waals surface area (Å²) >= 11 is 0. The van der Waals surface area contributed by atoms with E-state index in [1.54, 1.807) is 0 Å². The van der Waals surface area contributed by atoms with Gasteiger partial charge in [-0.15, -0.1) is 0 Å². The Bertz CT molecular complexity index is 908. The minimum absolute atomic E-state index is 0.103. The van der Waals surface area contributed by atoms with Gasteiger partial charge in [0.2, 0.25) is 0 Å². The van der Waals surface area contributed by atoms with E-state index in [1.807, 2.05) is 97.1 Å². The summed E-state index contributed by atoms with van der Waals surface area (Å²) in [6.07, 6.45) is -0.910. The fraction of sp³-hybridized carbons (Fsp3) is 0.231. The van der Waals surface area contributed by atoms with Gasteiger partial charge in [0.15, 0.2) is 0 Å². The predicted octanol–water partition coefficient (Wildman–Crippen LogP) is 4.25. The first-order valence-corrected chi connectivity index (χ1v) is 10.4. The minimum atomic E-state index is -0.910. The summed E-state index contributed by atoms with van der Waals surface area (Å²) in [4.78, 5) is 10.7. The molecular formula is C26H26N2O4. The topological polar surface area (TPSA) is 94.6 Å². The lowest BCUT2D eigenvalue weighted by molar-refractivity contribution is -0.0290. The highest BCUT2D eigenvalue weighted by molar-refractivity contribution is 5.64. The molecule has 3 aromatic rings. The summed E-state index contributed by atoms with van der Waals surface area (Å²) in [5.74, 6) is -0.593. The molecule has 3 aromatic carbocycles. The van der Waals surface area contributed by atoms with Gasteiger partial charge in [-0.2, -0.15) is 5.26 Å². The van der Waals surface area contributed by atoms with Crippen LogP contribution in [0.2, 0.25) is 0 Å². The van der Waals surface area contributed by atoms with Crippen LogP contribution in [-0.2, 0) is 19.8 Å². The van der Waals surface area contributed by atoms with Crippen LogP contribution in [0, 0.1) is 17.2 Å². The average molecular weight is 431 g/mol. The monoisotopic (exact) mass is 430 g/mol. The van der Waals surface area contributed by atoms with Crippen LogP contribution in [0.4, 0.5) is 4.79 Å². The summed E-state index contributed by atoms with van der Waals surface area (Å²) < 4.78 is 16.9. The Morgan fingerprint density at radius 3 is 1.69 bits per heavy atom. The molecule has 0 spiro atoms. The lowest BCUT2D eigenvalue weighted by atomic mass is 9.80. The summed E-state index contributed by atoms with van der Waals surface area (Å²) in [5, 5.41) is 9.18. The average Bonchev–Trinajstić information content (AvgIpc) is 2.85. The van der Waals surface area contributed by atoms with E-state index in [0.29, 0.717) is 0 Å². The van der Waals surface area contributed by atoms with Crippen LogP contribution in [0.3, 0.4) is 0 Å². The van der Waals surface area contributed by atoms with Crippen LogP contribution in [-0.4, -0.2) is 32.5 Å². The molecule has 0 unspecified atom stereocenters. The zero-order valence-corrected chi connectivity index (χ0v) is 17.7. The highest BCUT2D eigenvalue weighted by Crippen LogP contribution is 2.40. The number of rotatable bonds is 11. The van der Waals surface area contributed by atoms with Crippen molar-refractivity contribution < 1.29 is 19.0 Å². The maximum atomic E-state index is 10.7. The summed E-state index contributed by atoms with van der Waals surface area (Å²) in [5.41, 5.74) is 7.14. The Labute approximate surface area is 188 Å². The van der Waals surface area contributed by atoms with Crippen molar-refractivity contribution in [2.24, 2.45) is 11.7 Å². The largest absolute Gasteiger partial charge is 0.448 e. The van der Waals surface area contributed by atoms with E-state index in [4.69, 9.17) is 15.2 Å². The maximum Gasteiger partial charge on any atom is 0.404 e. The molecule has 3 rings (SSSR count). The molecule has 0 fully saturated rings. The molecule has 1 atom stereocenters. The quantitative estimate of drug-likeness (QED) is 0.363. The molecule has 0 saturated heterocycles. The van der Waals surface area contributed by atoms with Gasteiger partial charge in [-0.25, -0.2) is 4.79 Å². The number of hydrogen-bond acceptors (Lipinski definition) is 5. The molecule has 164 valence electrons. The van der Waals surface area contributed by atoms with Crippen LogP contribution in [0.5, 0.6) is 0 Å². The Kier molecular flexibility index (Phi) is 8.38. The van der Waals surface area contributed by atoms with E-state index in [0.717, 1.165) is 16.7 Å². The van der Waals surface area contributed by atoms with Crippen LogP contribution < -0.4 is 5.73 Å². The second kappa shape index (κ2) is 11.7. The van der Waals surface area contributed by atoms with Gasteiger partial charge in [0, 0.05) is 0 Å². The molecule has 0 heterocycles. The molecule has 0 bridgehead atoms. The summed E-state index contributed by atoms with van der Waals surface area (Å²) in [7, 11) is 0. The molecule has 1 amide bonds. The maximum absolute atomic E-state index is 10.7. The number of nitrogens with zero attached hydrogens (tertiary/aromatic N) is 1. The van der Waals surface area contributed by atoms with Crippen molar-refractivity contribution in [3.05, 3.63) is 108 Å². The standard InChI is InChI=1S/C26H26N2O4/c27-18-21(20-31-25(28)29)19-30-16-17-32-26(22-10-4-1-5-11-22,23-12-6-2-7-13-23)24-14-8-3-9-15-24/h1-15,21H,16-17,19-20H2,(H2,28,29)/t21-/m1/s1. The highest BCUT2D eigenvalue weighted by atomic mass is 16.6. The highest BCUT2D eigenvalue weighted by Gasteiger charge is 2.37. The number of benzene rings is 3. The first-order chi connectivity index (χ1) is 15.7. The molecule has 0 radical (unpaired) electrons. The van der Waals surface area contributed by atoms with E-state index in [-0.39, 0.29) is 26.4 Å². The molecule has 0 saturated carbocycles. The van der Waals surface area contributed by atoms with Gasteiger partial charge in [0.05, 0.1) is 25.9 Å². The molecule has 2 N–H and O–H groups in total. The SMILES string of the molecule is N#C[C@H](COCCOC(c1ccccc1)(c1ccccc1)c1ccccc1)COC(N)=O. The lowest BCUT2D eigenvalue weighted by Gasteiger charge is -2.36. The second-order valence-corrected chi connectivity index (χ2v) is 7.16. The van der Waals surface area contributed by atoms with E-state index in [1.165, 1.54) is 0 Å². The zero-order valence-electron chi connectivity index (χ0n) is 17.7. The van der Waals surface area contributed by atoms with Crippen molar-refractivity contribution in [3.8, 4) is 6.07 Å². The number of carbonyl (C=O) groups excluding carboxylic acids is 1. The third-order valence-electron chi connectivity index (χ3n) is 5.02. The number of nitriles is 1. The number of primary amides is 1. The van der Waals surface area contributed by atoms with E-state index in [2.05, 4.69) is 4.74 Å². The molecule has 0 aliphatic carbocycles. The molecule has 0 aromatic heterocycles. The first-order valence-electron chi connectivity index (χ1n) is 10.4. The Morgan fingerprint density at radius 2 is 1.28 bits per heavy atom. The van der Waals surface area contributed by atoms with Gasteiger partial charge in [-0.1, -0.05) is 91.0 Å². The van der Waals surface area contributed by atoms with Gasteiger partial charge in [0.25, 0.3) is 0 Å². The van der Waals surface area contributed by atoms with Crippen LogP contribution in [0.15, 0.2) is 91.0 Å². The first kappa shape index (κ1) is 23.0. The van der Waals surface area contributed by atoms with Gasteiger partial charge in [-0.05, 0) is 16.7 Å². The summed E-state index contributed by atoms with van der Waals surface area (Å²) in [6.45, 7) is 0.563. The van der Waals surface area contributed by atoms with Crippen molar-refractivity contribution in [2.45, 2.75) is 5.60 Å². The molecule has 0 aliphatic heterocycles. The Balaban J connectivity index is 1.80. The van der Waals surface area contributed by atoms with Crippen molar-refractivity contribution in [1.29, 1.82) is 5.26 Å². The molecular weight excluding hydrogens is 404 g/mol. The van der Waals surface area contributed by atoms with Crippen LogP contribution >= 0.6 is 0 Å². The van der Waals surface area contributed by atoms with Crippen LogP contribution in [0.1, 0.15) is 16.7 Å². The molecule has 0 aliphatic rings. The number of hydrogen-bond donors (Lipinski definition) is 1. The minimum Gasteiger partial charge on any atom is -0.448 e. The van der Waals surface area contributed by atoms with Crippen LogP contribution in [0.25, 0.3) is 0 Å². The van der Waals surface area contributed by atoms with E-state index >= 15 is 0 Å². The fourth-order valence-corrected chi connectivity index (χ4v) is 3.55. The van der Waals surface area contributed by atoms with Gasteiger partial charge < -0.3 is 19.9 Å². The van der Waals surface area contributed by atoms with E-state index < -0.39 is 17.6 Å². The number of ether oxygens (including phenoxy) is 3. The van der Waals surface area contributed by atoms with Crippen molar-refractivity contribution >= 4 is 6.09 Å². The van der Waals surface area contributed by atoms with Crippen molar-refractivity contribution in [2.75, 3.05) is 26.4 Å². The van der Waals surface area contributed by atoms with Gasteiger partial charge in [-0.3, -0.25) is 0 Å². The summed E-state index contributed by atoms with van der Waals surface area (Å²) in [6, 6.07) is 32.2. The molecule has 6 nitrogen and oxygen atoms in total. The Hall–Kier alpha value is -3.66. The number of amides is 1. The third kappa shape index (κ3) is 5.73. The smallest absolute Gasteiger partial charge is 0.404 e. The zero-order chi connectivity index (χ0) is 22.7. The van der Waals surface area contributed by atoms with Crippen molar-refractivity contribution in [1.82, 2.24) is 0 Å². The third-order valence-corrected chi connectivity index (χ3v) is 5.02. The normalized spacial score (nSPS) is 12.0. The van der Waals surface area contributed by atoms with Crippen molar-refractivity contribution in [3.63, 3.8) is 0 Å². The lowest BCUT2D eigenvalue weighted by Crippen LogP contribution is -2.34. The molecule has 6 heteroatoms. The van der Waals surface area contributed by atoms with Gasteiger partial charge >= 0.3 is 6.09 Å². The fourth-order valence-electron chi connectivity index (χ4n) is 3.55. The number of nitrogens with two attached hydrogens (primary N) is 1. The predicted molar refractivity (Wildman–Crippen MR) is 121 cm³/mol. The van der Waals surface area contributed by atoms with Gasteiger partial charge in [0.1, 0.15) is 18.1 Å². The van der Waals surface area contributed by atoms with E-state index in [9.17, 15) is 10.1 Å². The molecule has 32 heavy (non-hydrogen) atoms. The number of carbonyl (C=O) groups is 1. The second-order valence-electron chi connectivity index (χ2n) is 7.16.